The van der Waals surface area contributed by atoms with Gasteiger partial charge in [-0.25, -0.2) is 9.79 Å². The highest BCUT2D eigenvalue weighted by atomic mass is 16.5. The molecule has 1 aromatic carbocycles. The van der Waals surface area contributed by atoms with Crippen molar-refractivity contribution >= 4 is 23.6 Å². The molecule has 0 saturated carbocycles. The first kappa shape index (κ1) is 14.5. The lowest BCUT2D eigenvalue weighted by molar-refractivity contribution is 0.0378. The van der Waals surface area contributed by atoms with Crippen LogP contribution in [0.3, 0.4) is 0 Å². The third-order valence-corrected chi connectivity index (χ3v) is 1.91. The molecule has 0 fully saturated rings. The number of nitrogens with zero attached hydrogens (tertiary/aromatic N) is 2. The summed E-state index contributed by atoms with van der Waals surface area (Å²) in [6.45, 7) is 3.55. The Labute approximate surface area is 111 Å². The first-order chi connectivity index (χ1) is 8.88. The Morgan fingerprint density at radius 1 is 1.26 bits per heavy atom. The van der Waals surface area contributed by atoms with E-state index in [4.69, 9.17) is 21.9 Å². The van der Waals surface area contributed by atoms with Crippen molar-refractivity contribution < 1.29 is 9.53 Å². The first-order valence-electron chi connectivity index (χ1n) is 5.63. The van der Waals surface area contributed by atoms with Crippen LogP contribution in [0.5, 0.6) is 0 Å². The Morgan fingerprint density at radius 2 is 1.95 bits per heavy atom. The maximum atomic E-state index is 11.7. The van der Waals surface area contributed by atoms with E-state index in [2.05, 4.69) is 9.98 Å². The molecule has 1 aromatic rings. The minimum Gasteiger partial charge on any atom is -0.459 e. The molecule has 0 aromatic heterocycles. The Hall–Kier alpha value is -2.57. The van der Waals surface area contributed by atoms with E-state index in [-0.39, 0.29) is 18.0 Å². The monoisotopic (exact) mass is 263 g/mol. The van der Waals surface area contributed by atoms with Crippen molar-refractivity contribution in [2.75, 3.05) is 0 Å². The zero-order chi connectivity index (χ0) is 14.4. The lowest BCUT2D eigenvalue weighted by Crippen LogP contribution is -2.26. The third kappa shape index (κ3) is 5.07. The molecule has 102 valence electrons. The summed E-state index contributed by atoms with van der Waals surface area (Å²) in [5.74, 6) is -0.696. The van der Waals surface area contributed by atoms with Crippen molar-refractivity contribution in [3.05, 3.63) is 29.8 Å². The summed E-state index contributed by atoms with van der Waals surface area (Å²) < 4.78 is 5.07. The fourth-order valence-electron chi connectivity index (χ4n) is 1.27. The maximum Gasteiger partial charge on any atom is 0.338 e. The van der Waals surface area contributed by atoms with Crippen molar-refractivity contribution in [2.45, 2.75) is 20.0 Å². The van der Waals surface area contributed by atoms with Gasteiger partial charge < -0.3 is 21.9 Å². The van der Waals surface area contributed by atoms with E-state index in [0.717, 1.165) is 0 Å². The fraction of sp³-hybridized carbons (Fsp3) is 0.250. The zero-order valence-corrected chi connectivity index (χ0v) is 10.8. The summed E-state index contributed by atoms with van der Waals surface area (Å²) in [6, 6.07) is 6.50. The molecule has 0 aliphatic rings. The van der Waals surface area contributed by atoms with E-state index in [1.807, 2.05) is 0 Å². The summed E-state index contributed by atoms with van der Waals surface area (Å²) >= 11 is 0. The van der Waals surface area contributed by atoms with Crippen LogP contribution in [0.25, 0.3) is 0 Å². The fourth-order valence-corrected chi connectivity index (χ4v) is 1.27. The molecule has 7 nitrogen and oxygen atoms in total. The molecule has 6 N–H and O–H groups in total. The number of nitrogens with two attached hydrogens (primary N) is 3. The van der Waals surface area contributed by atoms with Crippen LogP contribution in [0.2, 0.25) is 0 Å². The number of rotatable bonds is 3. The van der Waals surface area contributed by atoms with Crippen LogP contribution in [-0.2, 0) is 4.74 Å². The highest BCUT2D eigenvalue weighted by Crippen LogP contribution is 2.15. The summed E-state index contributed by atoms with van der Waals surface area (Å²) in [5, 5.41) is 0. The molecule has 1 rings (SSSR count). The van der Waals surface area contributed by atoms with Gasteiger partial charge in [0.15, 0.2) is 5.96 Å². The maximum absolute atomic E-state index is 11.7. The van der Waals surface area contributed by atoms with E-state index in [9.17, 15) is 4.79 Å². The van der Waals surface area contributed by atoms with E-state index < -0.39 is 5.97 Å². The number of benzene rings is 1. The smallest absolute Gasteiger partial charge is 0.338 e. The molecule has 0 atom stereocenters. The second-order valence-electron chi connectivity index (χ2n) is 4.01. The van der Waals surface area contributed by atoms with Gasteiger partial charge in [-0.3, -0.25) is 0 Å². The van der Waals surface area contributed by atoms with E-state index >= 15 is 0 Å². The second-order valence-corrected chi connectivity index (χ2v) is 4.01. The Bertz CT molecular complexity index is 519. The lowest BCUT2D eigenvalue weighted by atomic mass is 10.2. The minimum absolute atomic E-state index is 0.0885. The van der Waals surface area contributed by atoms with Crippen LogP contribution >= 0.6 is 0 Å². The average Bonchev–Trinajstić information content (AvgIpc) is 2.27. The molecular formula is C12H17N5O2. The van der Waals surface area contributed by atoms with Gasteiger partial charge in [0.25, 0.3) is 0 Å². The predicted molar refractivity (Wildman–Crippen MR) is 74.1 cm³/mol. The number of hydrogen-bond donors (Lipinski definition) is 3. The van der Waals surface area contributed by atoms with Gasteiger partial charge in [0.05, 0.1) is 17.4 Å². The highest BCUT2D eigenvalue weighted by molar-refractivity contribution is 5.94. The van der Waals surface area contributed by atoms with E-state index in [1.165, 1.54) is 0 Å². The number of carbonyl (C=O) groups is 1. The van der Waals surface area contributed by atoms with Crippen LogP contribution in [0, 0.1) is 0 Å². The van der Waals surface area contributed by atoms with Crippen molar-refractivity contribution in [1.82, 2.24) is 0 Å². The number of carbonyl (C=O) groups excluding carboxylic acids is 1. The predicted octanol–water partition coefficient (Wildman–Crippen LogP) is 0.471. The molecule has 0 amide bonds. The summed E-state index contributed by atoms with van der Waals surface area (Å²) in [7, 11) is 0. The van der Waals surface area contributed by atoms with Crippen LogP contribution in [0.15, 0.2) is 34.3 Å². The Morgan fingerprint density at radius 3 is 2.53 bits per heavy atom. The molecule has 0 heterocycles. The molecular weight excluding hydrogens is 246 g/mol. The van der Waals surface area contributed by atoms with Crippen LogP contribution in [0.1, 0.15) is 24.2 Å². The van der Waals surface area contributed by atoms with Crippen molar-refractivity contribution in [2.24, 2.45) is 27.2 Å². The van der Waals surface area contributed by atoms with E-state index in [1.54, 1.807) is 38.1 Å². The number of guanidine groups is 2. The molecule has 0 bridgehead atoms. The Balaban J connectivity index is 2.95. The lowest BCUT2D eigenvalue weighted by Gasteiger charge is -2.07. The van der Waals surface area contributed by atoms with Crippen LogP contribution in [0.4, 0.5) is 5.69 Å². The van der Waals surface area contributed by atoms with Gasteiger partial charge in [0.2, 0.25) is 5.96 Å². The standard InChI is InChI=1S/C12H17N5O2/c1-7(2)19-10(18)8-4-3-5-9(6-8)16-12(15)17-11(13)14/h3-7H,1-2H3,(H6,13,14,15,16,17). The number of aliphatic imine (C=N–C) groups is 2. The molecule has 0 spiro atoms. The van der Waals surface area contributed by atoms with Gasteiger partial charge in [-0.15, -0.1) is 0 Å². The van der Waals surface area contributed by atoms with Crippen molar-refractivity contribution in [1.29, 1.82) is 0 Å². The van der Waals surface area contributed by atoms with Gasteiger partial charge in [-0.05, 0) is 32.0 Å². The summed E-state index contributed by atoms with van der Waals surface area (Å²) in [5.41, 5.74) is 16.7. The second kappa shape index (κ2) is 6.39. The molecule has 0 unspecified atom stereocenters. The zero-order valence-electron chi connectivity index (χ0n) is 10.8. The topological polar surface area (TPSA) is 129 Å². The molecule has 7 heteroatoms. The van der Waals surface area contributed by atoms with Crippen molar-refractivity contribution in [3.63, 3.8) is 0 Å². The number of hydrogen-bond acceptors (Lipinski definition) is 3. The quantitative estimate of drug-likeness (QED) is 0.414. The van der Waals surface area contributed by atoms with Gasteiger partial charge in [-0.1, -0.05) is 6.07 Å². The molecule has 0 aliphatic carbocycles. The molecule has 19 heavy (non-hydrogen) atoms. The summed E-state index contributed by atoms with van der Waals surface area (Å²) in [6.07, 6.45) is -0.189. The van der Waals surface area contributed by atoms with E-state index in [0.29, 0.717) is 11.3 Å². The molecule has 0 aliphatic heterocycles. The van der Waals surface area contributed by atoms with Crippen LogP contribution in [-0.4, -0.2) is 24.0 Å². The molecule has 0 radical (unpaired) electrons. The third-order valence-electron chi connectivity index (χ3n) is 1.91. The van der Waals surface area contributed by atoms with Gasteiger partial charge >= 0.3 is 5.97 Å². The summed E-state index contributed by atoms with van der Waals surface area (Å²) in [4.78, 5) is 19.2. The average molecular weight is 263 g/mol. The first-order valence-corrected chi connectivity index (χ1v) is 5.63. The number of ether oxygens (including phenoxy) is 1. The number of esters is 1. The molecule has 0 saturated heterocycles. The largest absolute Gasteiger partial charge is 0.459 e. The normalized spacial score (nSPS) is 11.2. The van der Waals surface area contributed by atoms with Gasteiger partial charge in [0, 0.05) is 0 Å². The van der Waals surface area contributed by atoms with Crippen LogP contribution < -0.4 is 17.2 Å². The minimum atomic E-state index is -0.424. The van der Waals surface area contributed by atoms with Gasteiger partial charge in [-0.2, -0.15) is 4.99 Å². The Kier molecular flexibility index (Phi) is 4.87. The highest BCUT2D eigenvalue weighted by Gasteiger charge is 2.09. The van der Waals surface area contributed by atoms with Crippen molar-refractivity contribution in [3.8, 4) is 0 Å². The SMILES string of the molecule is CC(C)OC(=O)c1cccc(N=C(N)N=C(N)N)c1. The van der Waals surface area contributed by atoms with Gasteiger partial charge in [0.1, 0.15) is 0 Å².